The van der Waals surface area contributed by atoms with Crippen LogP contribution in [0.4, 0.5) is 0 Å². The minimum atomic E-state index is 0.804. The summed E-state index contributed by atoms with van der Waals surface area (Å²) in [4.78, 5) is 1.61. The molecule has 1 heterocycles. The molecule has 0 atom stereocenters. The van der Waals surface area contributed by atoms with Crippen LogP contribution in [0.2, 0.25) is 0 Å². The lowest BCUT2D eigenvalue weighted by Gasteiger charge is -2.30. The molecule has 1 aliphatic heterocycles. The van der Waals surface area contributed by atoms with Crippen LogP contribution >= 0.6 is 0 Å². The number of benzene rings is 2. The molecular weight excluding hydrogens is 326 g/mol. The van der Waals surface area contributed by atoms with Crippen molar-refractivity contribution in [2.45, 2.75) is 13.5 Å². The van der Waals surface area contributed by atoms with Crippen LogP contribution in [-0.2, 0) is 6.54 Å². The van der Waals surface area contributed by atoms with E-state index in [1.54, 1.807) is 19.1 Å². The molecule has 0 aliphatic carbocycles. The highest BCUT2D eigenvalue weighted by atomic mass is 16.5. The van der Waals surface area contributed by atoms with E-state index < -0.39 is 0 Å². The Bertz CT molecular complexity index is 735. The third-order valence-electron chi connectivity index (χ3n) is 4.82. The maximum atomic E-state index is 5.41. The Morgan fingerprint density at radius 3 is 2.42 bits per heavy atom. The van der Waals surface area contributed by atoms with Gasteiger partial charge in [0.2, 0.25) is 0 Å². The third-order valence-corrected chi connectivity index (χ3v) is 4.82. The first-order valence-electron chi connectivity index (χ1n) is 9.08. The minimum Gasteiger partial charge on any atom is -0.497 e. The zero-order valence-electron chi connectivity index (χ0n) is 15.9. The van der Waals surface area contributed by atoms with E-state index in [-0.39, 0.29) is 0 Å². The van der Waals surface area contributed by atoms with Gasteiger partial charge in [-0.15, -0.1) is 0 Å². The van der Waals surface area contributed by atoms with Crippen molar-refractivity contribution in [1.29, 1.82) is 0 Å². The largest absolute Gasteiger partial charge is 0.497 e. The maximum Gasteiger partial charge on any atom is 0.127 e. The normalized spacial score (nSPS) is 15.4. The van der Waals surface area contributed by atoms with Gasteiger partial charge in [0.25, 0.3) is 0 Å². The molecule has 1 aliphatic rings. The average molecular weight is 354 g/mol. The van der Waals surface area contributed by atoms with Gasteiger partial charge in [0.15, 0.2) is 0 Å². The number of aryl methyl sites for hydroxylation is 1. The van der Waals surface area contributed by atoms with Crippen LogP contribution in [0.1, 0.15) is 16.7 Å². The summed E-state index contributed by atoms with van der Waals surface area (Å²) in [6.45, 7) is 7.33. The predicted molar refractivity (Wildman–Crippen MR) is 104 cm³/mol. The lowest BCUT2D eigenvalue weighted by molar-refractivity contribution is -0.918. The van der Waals surface area contributed by atoms with Gasteiger partial charge in [-0.2, -0.15) is 5.10 Å². The number of methoxy groups -OCH3 is 2. The number of nitrogens with one attached hydrogen (secondary N) is 1. The summed E-state index contributed by atoms with van der Waals surface area (Å²) in [6.07, 6.45) is 1.87. The van der Waals surface area contributed by atoms with Gasteiger partial charge >= 0.3 is 0 Å². The standard InChI is InChI=1S/C21H27N3O2/c1-17-4-6-18(7-5-17)16-23-10-12-24(13-11-23)22-15-19-14-20(25-2)8-9-21(19)26-3/h4-9,14-15H,10-13,16H2,1-3H3/p+1/b22-15+. The molecule has 0 aromatic heterocycles. The molecule has 5 heteroatoms. The van der Waals surface area contributed by atoms with Gasteiger partial charge in [0, 0.05) is 11.1 Å². The second-order valence-electron chi connectivity index (χ2n) is 6.72. The van der Waals surface area contributed by atoms with Crippen molar-refractivity contribution in [3.05, 3.63) is 59.2 Å². The van der Waals surface area contributed by atoms with Crippen LogP contribution in [0.3, 0.4) is 0 Å². The lowest BCUT2D eigenvalue weighted by Crippen LogP contribution is -3.13. The molecule has 0 spiro atoms. The number of piperazine rings is 1. The van der Waals surface area contributed by atoms with E-state index in [1.807, 2.05) is 24.4 Å². The first-order valence-corrected chi connectivity index (χ1v) is 9.08. The summed E-state index contributed by atoms with van der Waals surface area (Å²) < 4.78 is 10.7. The minimum absolute atomic E-state index is 0.804. The van der Waals surface area contributed by atoms with Crippen molar-refractivity contribution in [2.24, 2.45) is 5.10 Å². The summed E-state index contributed by atoms with van der Waals surface area (Å²) in [5.74, 6) is 1.61. The molecule has 3 rings (SSSR count). The Labute approximate surface area is 155 Å². The molecule has 138 valence electrons. The summed E-state index contributed by atoms with van der Waals surface area (Å²) in [6, 6.07) is 14.6. The topological polar surface area (TPSA) is 38.5 Å². The van der Waals surface area contributed by atoms with Gasteiger partial charge in [-0.1, -0.05) is 29.8 Å². The number of hydrogen-bond donors (Lipinski definition) is 1. The number of quaternary nitrogens is 1. The third kappa shape index (κ3) is 4.76. The van der Waals surface area contributed by atoms with E-state index in [2.05, 4.69) is 41.3 Å². The molecule has 5 nitrogen and oxygen atoms in total. The second-order valence-corrected chi connectivity index (χ2v) is 6.72. The summed E-state index contributed by atoms with van der Waals surface area (Å²) in [5, 5.41) is 6.79. The van der Waals surface area contributed by atoms with Crippen molar-refractivity contribution in [2.75, 3.05) is 40.4 Å². The molecular formula is C21H28N3O2+. The number of hydrogen-bond acceptors (Lipinski definition) is 4. The van der Waals surface area contributed by atoms with Crippen LogP contribution in [0, 0.1) is 6.92 Å². The van der Waals surface area contributed by atoms with Crippen LogP contribution < -0.4 is 14.4 Å². The van der Waals surface area contributed by atoms with Gasteiger partial charge in [0.05, 0.1) is 46.6 Å². The van der Waals surface area contributed by atoms with Gasteiger partial charge < -0.3 is 14.4 Å². The molecule has 1 fully saturated rings. The zero-order chi connectivity index (χ0) is 18.4. The SMILES string of the molecule is COc1ccc(OC)c(/C=N/N2CC[NH+](Cc3ccc(C)cc3)CC2)c1. The van der Waals surface area contributed by atoms with Crippen molar-refractivity contribution < 1.29 is 14.4 Å². The fourth-order valence-electron chi connectivity index (χ4n) is 3.18. The van der Waals surface area contributed by atoms with E-state index in [9.17, 15) is 0 Å². The van der Waals surface area contributed by atoms with Gasteiger partial charge in [-0.25, -0.2) is 0 Å². The van der Waals surface area contributed by atoms with Crippen LogP contribution in [0.25, 0.3) is 0 Å². The molecule has 0 amide bonds. The zero-order valence-corrected chi connectivity index (χ0v) is 15.9. The first kappa shape index (κ1) is 18.3. The van der Waals surface area contributed by atoms with Crippen LogP contribution in [0.15, 0.2) is 47.6 Å². The molecule has 1 N–H and O–H groups in total. The predicted octanol–water partition coefficient (Wildman–Crippen LogP) is 1.75. The number of hydrazone groups is 1. The van der Waals surface area contributed by atoms with Crippen LogP contribution in [-0.4, -0.2) is 51.6 Å². The Balaban J connectivity index is 1.55. The van der Waals surface area contributed by atoms with E-state index in [1.165, 1.54) is 11.1 Å². The van der Waals surface area contributed by atoms with Crippen molar-refractivity contribution in [3.8, 4) is 11.5 Å². The summed E-state index contributed by atoms with van der Waals surface area (Å²) in [5.41, 5.74) is 3.65. The van der Waals surface area contributed by atoms with Crippen molar-refractivity contribution >= 4 is 6.21 Å². The molecule has 2 aromatic rings. The number of nitrogens with zero attached hydrogens (tertiary/aromatic N) is 2. The van der Waals surface area contributed by atoms with Crippen molar-refractivity contribution in [1.82, 2.24) is 5.01 Å². The highest BCUT2D eigenvalue weighted by Gasteiger charge is 2.18. The lowest BCUT2D eigenvalue weighted by atomic mass is 10.1. The quantitative estimate of drug-likeness (QED) is 0.804. The van der Waals surface area contributed by atoms with E-state index in [0.717, 1.165) is 49.8 Å². The number of rotatable bonds is 6. The fraction of sp³-hybridized carbons (Fsp3) is 0.381. The van der Waals surface area contributed by atoms with Crippen LogP contribution in [0.5, 0.6) is 11.5 Å². The Hall–Kier alpha value is -2.53. The smallest absolute Gasteiger partial charge is 0.127 e. The van der Waals surface area contributed by atoms with Gasteiger partial charge in [0.1, 0.15) is 18.0 Å². The van der Waals surface area contributed by atoms with Crippen molar-refractivity contribution in [3.63, 3.8) is 0 Å². The molecule has 0 saturated carbocycles. The molecule has 1 saturated heterocycles. The first-order chi connectivity index (χ1) is 12.7. The van der Waals surface area contributed by atoms with Gasteiger partial charge in [-0.05, 0) is 25.1 Å². The Morgan fingerprint density at radius 2 is 1.77 bits per heavy atom. The highest BCUT2D eigenvalue weighted by Crippen LogP contribution is 2.22. The molecule has 0 radical (unpaired) electrons. The summed E-state index contributed by atoms with van der Waals surface area (Å²) >= 11 is 0. The Kier molecular flexibility index (Phi) is 6.12. The Morgan fingerprint density at radius 1 is 1.04 bits per heavy atom. The molecule has 2 aromatic carbocycles. The highest BCUT2D eigenvalue weighted by molar-refractivity contribution is 5.84. The van der Waals surface area contributed by atoms with E-state index in [0.29, 0.717) is 0 Å². The molecule has 0 unspecified atom stereocenters. The molecule has 0 bridgehead atoms. The molecule has 26 heavy (non-hydrogen) atoms. The maximum absolute atomic E-state index is 5.41. The van der Waals surface area contributed by atoms with E-state index >= 15 is 0 Å². The average Bonchev–Trinajstić information content (AvgIpc) is 2.69. The number of ether oxygens (including phenoxy) is 2. The summed E-state index contributed by atoms with van der Waals surface area (Å²) in [7, 11) is 3.34. The van der Waals surface area contributed by atoms with E-state index in [4.69, 9.17) is 9.47 Å². The monoisotopic (exact) mass is 354 g/mol. The van der Waals surface area contributed by atoms with Gasteiger partial charge in [-0.3, -0.25) is 5.01 Å². The fourth-order valence-corrected chi connectivity index (χ4v) is 3.18. The second kappa shape index (κ2) is 8.72.